The van der Waals surface area contributed by atoms with Crippen molar-refractivity contribution in [3.8, 4) is 17.2 Å². The van der Waals surface area contributed by atoms with Gasteiger partial charge in [-0.25, -0.2) is 9.37 Å². The Bertz CT molecular complexity index is 1130. The molecule has 1 aliphatic heterocycles. The average molecular weight is 444 g/mol. The number of carbonyl (C=O) groups is 1. The predicted octanol–water partition coefficient (Wildman–Crippen LogP) is 3.32. The molecule has 1 aliphatic carbocycles. The van der Waals surface area contributed by atoms with Gasteiger partial charge in [-0.2, -0.15) is 5.26 Å². The van der Waals surface area contributed by atoms with Crippen molar-refractivity contribution in [1.82, 2.24) is 9.88 Å². The molecule has 0 radical (unpaired) electrons. The van der Waals surface area contributed by atoms with Gasteiger partial charge in [0.05, 0.1) is 28.7 Å². The summed E-state index contributed by atoms with van der Waals surface area (Å²) in [6.07, 6.45) is 2.98. The van der Waals surface area contributed by atoms with Crippen molar-refractivity contribution < 1.29 is 14.3 Å². The van der Waals surface area contributed by atoms with E-state index in [0.717, 1.165) is 5.56 Å². The Morgan fingerprint density at radius 1 is 1.42 bits per heavy atom. The molecule has 2 heterocycles. The number of nitrogens with two attached hydrogens (primary N) is 1. The minimum Gasteiger partial charge on any atom is -0.398 e. The van der Waals surface area contributed by atoms with E-state index in [4.69, 9.17) is 22.6 Å². The predicted molar refractivity (Wildman–Crippen MR) is 116 cm³/mol. The summed E-state index contributed by atoms with van der Waals surface area (Å²) in [7, 11) is 3.05. The number of fused-ring (bicyclic) bond motifs is 2. The number of nitriles is 1. The molecular weight excluding hydrogens is 421 g/mol. The minimum atomic E-state index is -1.09. The number of pyridine rings is 1. The Kier molecular flexibility index (Phi) is 5.07. The second kappa shape index (κ2) is 7.36. The van der Waals surface area contributed by atoms with Gasteiger partial charge in [0.15, 0.2) is 0 Å². The van der Waals surface area contributed by atoms with Crippen molar-refractivity contribution in [3.05, 3.63) is 40.3 Å². The van der Waals surface area contributed by atoms with Crippen LogP contribution in [-0.4, -0.2) is 47.1 Å². The van der Waals surface area contributed by atoms with Gasteiger partial charge in [0, 0.05) is 54.6 Å². The summed E-state index contributed by atoms with van der Waals surface area (Å²) < 4.78 is 15.4. The summed E-state index contributed by atoms with van der Waals surface area (Å²) in [5.41, 5.74) is 5.34. The van der Waals surface area contributed by atoms with Crippen molar-refractivity contribution in [1.29, 1.82) is 5.26 Å². The molecule has 0 unspecified atom stereocenters. The lowest BCUT2D eigenvalue weighted by molar-refractivity contribution is 0.0467. The number of anilines is 2. The lowest BCUT2D eigenvalue weighted by Gasteiger charge is -2.27. The number of hydrogen-bond acceptors (Lipinski definition) is 6. The molecule has 0 bridgehead atoms. The smallest absolute Gasteiger partial charge is 0.258 e. The summed E-state index contributed by atoms with van der Waals surface area (Å²) in [6.45, 7) is 0.529. The van der Waals surface area contributed by atoms with E-state index >= 15 is 4.39 Å². The molecule has 1 saturated carbocycles. The molecular formula is C22H23ClFN5O2. The summed E-state index contributed by atoms with van der Waals surface area (Å²) in [5.74, 6) is -0.706. The molecule has 1 amide bonds. The number of aromatic nitrogens is 1. The number of amides is 1. The van der Waals surface area contributed by atoms with Crippen molar-refractivity contribution in [3.63, 3.8) is 0 Å². The highest BCUT2D eigenvalue weighted by Gasteiger charge is 2.52. The SMILES string of the molecule is CN(C)C(=O)c1c(N)ccc(-c2cnc3c(c2Cl)[C@@]2(CC[C@@](O)(CC#N)C2)CN3)c1F. The van der Waals surface area contributed by atoms with E-state index in [1.807, 2.05) is 0 Å². The molecule has 4 rings (SSSR count). The van der Waals surface area contributed by atoms with E-state index < -0.39 is 22.7 Å². The first kappa shape index (κ1) is 21.3. The summed E-state index contributed by atoms with van der Waals surface area (Å²) in [5, 5.41) is 23.5. The Balaban J connectivity index is 1.84. The van der Waals surface area contributed by atoms with Gasteiger partial charge in [-0.05, 0) is 31.4 Å². The fraction of sp³-hybridized carbons (Fsp3) is 0.409. The maximum atomic E-state index is 15.4. The van der Waals surface area contributed by atoms with Gasteiger partial charge in [0.2, 0.25) is 0 Å². The molecule has 0 saturated heterocycles. The van der Waals surface area contributed by atoms with Crippen LogP contribution in [0.3, 0.4) is 0 Å². The van der Waals surface area contributed by atoms with Crippen molar-refractivity contribution in [2.75, 3.05) is 31.7 Å². The Morgan fingerprint density at radius 2 is 2.16 bits per heavy atom. The van der Waals surface area contributed by atoms with Crippen molar-refractivity contribution >= 4 is 29.0 Å². The number of nitrogen functional groups attached to an aromatic ring is 1. The first-order valence-electron chi connectivity index (χ1n) is 9.95. The van der Waals surface area contributed by atoms with E-state index in [2.05, 4.69) is 16.4 Å². The second-order valence-electron chi connectivity index (χ2n) is 8.67. The number of rotatable bonds is 3. The number of nitrogens with one attached hydrogen (secondary N) is 1. The molecule has 1 fully saturated rings. The Labute approximate surface area is 184 Å². The Morgan fingerprint density at radius 3 is 2.84 bits per heavy atom. The summed E-state index contributed by atoms with van der Waals surface area (Å²) in [6, 6.07) is 5.02. The minimum absolute atomic E-state index is 0.0391. The van der Waals surface area contributed by atoms with Crippen LogP contribution in [0.2, 0.25) is 5.02 Å². The van der Waals surface area contributed by atoms with Crippen LogP contribution in [0.15, 0.2) is 18.3 Å². The van der Waals surface area contributed by atoms with Crippen LogP contribution in [0, 0.1) is 17.1 Å². The first-order valence-corrected chi connectivity index (χ1v) is 10.3. The highest BCUT2D eigenvalue weighted by Crippen LogP contribution is 2.55. The molecule has 1 spiro atoms. The summed E-state index contributed by atoms with van der Waals surface area (Å²) >= 11 is 6.81. The fourth-order valence-corrected chi connectivity index (χ4v) is 5.26. The number of hydrogen-bond donors (Lipinski definition) is 3. The van der Waals surface area contributed by atoms with E-state index in [9.17, 15) is 9.90 Å². The average Bonchev–Trinajstić information content (AvgIpc) is 3.23. The second-order valence-corrected chi connectivity index (χ2v) is 9.05. The third-order valence-electron chi connectivity index (χ3n) is 6.37. The monoisotopic (exact) mass is 443 g/mol. The van der Waals surface area contributed by atoms with Gasteiger partial charge >= 0.3 is 0 Å². The zero-order chi connectivity index (χ0) is 22.6. The molecule has 2 atom stereocenters. The molecule has 7 nitrogen and oxygen atoms in total. The van der Waals surface area contributed by atoms with E-state index in [-0.39, 0.29) is 23.2 Å². The maximum absolute atomic E-state index is 15.4. The van der Waals surface area contributed by atoms with Gasteiger partial charge < -0.3 is 21.1 Å². The standard InChI is InChI=1S/C22H23ClFN5O2/c1-29(2)20(30)15-14(26)4-3-12(18(15)24)13-9-27-19-16(17(13)23)21(11-28-19)5-6-22(31,10-21)7-8-25/h3-4,9,31H,5-7,10-11,26H2,1-2H3,(H,27,28)/t21-,22-/m1/s1. The third-order valence-corrected chi connectivity index (χ3v) is 6.76. The molecule has 31 heavy (non-hydrogen) atoms. The number of carbonyl (C=O) groups excluding carboxylic acids is 1. The van der Waals surface area contributed by atoms with E-state index in [1.54, 1.807) is 0 Å². The molecule has 2 aliphatic rings. The van der Waals surface area contributed by atoms with Gasteiger partial charge in [0.1, 0.15) is 11.6 Å². The van der Waals surface area contributed by atoms with Crippen LogP contribution in [-0.2, 0) is 5.41 Å². The first-order chi connectivity index (χ1) is 14.6. The topological polar surface area (TPSA) is 115 Å². The third kappa shape index (κ3) is 3.29. The van der Waals surface area contributed by atoms with Crippen LogP contribution in [0.1, 0.15) is 41.6 Å². The van der Waals surface area contributed by atoms with Crippen LogP contribution < -0.4 is 11.1 Å². The number of halogens is 2. The van der Waals surface area contributed by atoms with Crippen LogP contribution in [0.5, 0.6) is 0 Å². The van der Waals surface area contributed by atoms with Crippen molar-refractivity contribution in [2.45, 2.75) is 36.7 Å². The molecule has 162 valence electrons. The highest BCUT2D eigenvalue weighted by molar-refractivity contribution is 6.34. The molecule has 1 aromatic heterocycles. The van der Waals surface area contributed by atoms with Gasteiger partial charge in [0.25, 0.3) is 5.91 Å². The number of benzene rings is 1. The number of nitrogens with zero attached hydrogens (tertiary/aromatic N) is 3. The van der Waals surface area contributed by atoms with Crippen LogP contribution in [0.4, 0.5) is 15.9 Å². The lowest BCUT2D eigenvalue weighted by atomic mass is 9.79. The summed E-state index contributed by atoms with van der Waals surface area (Å²) in [4.78, 5) is 18.2. The molecule has 9 heteroatoms. The van der Waals surface area contributed by atoms with E-state index in [0.29, 0.717) is 42.2 Å². The normalized spacial score (nSPS) is 24.0. The van der Waals surface area contributed by atoms with Crippen LogP contribution >= 0.6 is 11.6 Å². The maximum Gasteiger partial charge on any atom is 0.258 e. The van der Waals surface area contributed by atoms with E-state index in [1.165, 1.54) is 37.3 Å². The van der Waals surface area contributed by atoms with Gasteiger partial charge in [-0.1, -0.05) is 11.6 Å². The highest BCUT2D eigenvalue weighted by atomic mass is 35.5. The van der Waals surface area contributed by atoms with Gasteiger partial charge in [-0.15, -0.1) is 0 Å². The Hall–Kier alpha value is -2.89. The zero-order valence-corrected chi connectivity index (χ0v) is 18.1. The van der Waals surface area contributed by atoms with Gasteiger partial charge in [-0.3, -0.25) is 4.79 Å². The largest absolute Gasteiger partial charge is 0.398 e. The van der Waals surface area contributed by atoms with Crippen molar-refractivity contribution in [2.24, 2.45) is 0 Å². The molecule has 2 aromatic rings. The number of aliphatic hydroxyl groups is 1. The molecule has 1 aromatic carbocycles. The van der Waals surface area contributed by atoms with Crippen LogP contribution in [0.25, 0.3) is 11.1 Å². The quantitative estimate of drug-likeness (QED) is 0.627. The fourth-order valence-electron chi connectivity index (χ4n) is 4.82. The molecule has 4 N–H and O–H groups in total. The lowest BCUT2D eigenvalue weighted by Crippen LogP contribution is -2.31. The zero-order valence-electron chi connectivity index (χ0n) is 17.3.